The molecule has 0 bridgehead atoms. The minimum atomic E-state index is -1.64. The zero-order valence-electron chi connectivity index (χ0n) is 15.0. The minimum absolute atomic E-state index is 0.286. The predicted octanol–water partition coefficient (Wildman–Crippen LogP) is 2.90. The van der Waals surface area contributed by atoms with E-state index in [0.717, 1.165) is 5.00 Å². The third-order valence-electron chi connectivity index (χ3n) is 4.69. The summed E-state index contributed by atoms with van der Waals surface area (Å²) in [7, 11) is 0. The van der Waals surface area contributed by atoms with Crippen LogP contribution in [-0.4, -0.2) is 53.0 Å². The molecule has 28 heavy (non-hydrogen) atoms. The SMILES string of the molecule is N/C(=N\c1cccs1)N1CCN(C(=O)C(O)(c2cccs2)c2cccs2)CC1. The zero-order valence-corrected chi connectivity index (χ0v) is 17.5. The van der Waals surface area contributed by atoms with E-state index in [9.17, 15) is 9.90 Å². The normalized spacial score (nSPS) is 15.8. The number of thiophene rings is 3. The summed E-state index contributed by atoms with van der Waals surface area (Å²) >= 11 is 4.31. The largest absolute Gasteiger partial charge is 0.371 e. The van der Waals surface area contributed by atoms with Gasteiger partial charge in [0.1, 0.15) is 5.00 Å². The van der Waals surface area contributed by atoms with Crippen LogP contribution >= 0.6 is 34.0 Å². The van der Waals surface area contributed by atoms with Crippen LogP contribution < -0.4 is 5.73 Å². The second-order valence-electron chi connectivity index (χ2n) is 6.37. The van der Waals surface area contributed by atoms with Crippen molar-refractivity contribution < 1.29 is 9.90 Å². The molecule has 0 saturated carbocycles. The molecular formula is C19H20N4O2S3. The van der Waals surface area contributed by atoms with Gasteiger partial charge in [-0.2, -0.15) is 0 Å². The maximum absolute atomic E-state index is 13.4. The van der Waals surface area contributed by atoms with E-state index in [1.54, 1.807) is 4.90 Å². The van der Waals surface area contributed by atoms with Gasteiger partial charge in [-0.05, 0) is 40.4 Å². The first-order chi connectivity index (χ1) is 13.6. The van der Waals surface area contributed by atoms with Crippen molar-refractivity contribution in [1.29, 1.82) is 0 Å². The van der Waals surface area contributed by atoms with Crippen LogP contribution in [0.15, 0.2) is 57.5 Å². The van der Waals surface area contributed by atoms with Gasteiger partial charge in [0.15, 0.2) is 5.96 Å². The van der Waals surface area contributed by atoms with Gasteiger partial charge in [0.2, 0.25) is 5.60 Å². The van der Waals surface area contributed by atoms with E-state index in [1.165, 1.54) is 34.0 Å². The Morgan fingerprint density at radius 3 is 1.96 bits per heavy atom. The van der Waals surface area contributed by atoms with Crippen molar-refractivity contribution in [3.8, 4) is 0 Å². The Bertz CT molecular complexity index is 894. The van der Waals surface area contributed by atoms with Gasteiger partial charge in [-0.1, -0.05) is 12.1 Å². The Hall–Kier alpha value is -2.20. The molecule has 1 aliphatic rings. The van der Waals surface area contributed by atoms with Gasteiger partial charge in [-0.3, -0.25) is 4.79 Å². The fourth-order valence-corrected chi connectivity index (χ4v) is 5.51. The Labute approximate surface area is 175 Å². The third-order valence-corrected chi connectivity index (χ3v) is 7.41. The fourth-order valence-electron chi connectivity index (χ4n) is 3.19. The number of guanidine groups is 1. The fraction of sp³-hybridized carbons (Fsp3) is 0.263. The molecule has 146 valence electrons. The predicted molar refractivity (Wildman–Crippen MR) is 115 cm³/mol. The number of carbonyl (C=O) groups excluding carboxylic acids is 1. The minimum Gasteiger partial charge on any atom is -0.371 e. The lowest BCUT2D eigenvalue weighted by Gasteiger charge is -2.38. The number of piperazine rings is 1. The molecule has 1 aliphatic heterocycles. The molecule has 0 spiro atoms. The number of nitrogens with two attached hydrogens (primary N) is 1. The first kappa shape index (κ1) is 19.1. The molecule has 0 aromatic carbocycles. The standard InChI is InChI=1S/C19H20N4O2S3/c20-18(21-16-6-3-13-28-16)23-9-7-22(8-10-23)17(24)19(25,14-4-1-11-26-14)15-5-2-12-27-15/h1-6,11-13,25H,7-10H2,(H2,20,21). The lowest BCUT2D eigenvalue weighted by Crippen LogP contribution is -2.56. The van der Waals surface area contributed by atoms with Crippen LogP contribution in [0.2, 0.25) is 0 Å². The highest BCUT2D eigenvalue weighted by molar-refractivity contribution is 7.13. The number of hydrogen-bond acceptors (Lipinski definition) is 6. The van der Waals surface area contributed by atoms with Gasteiger partial charge in [0.05, 0.1) is 9.75 Å². The average Bonchev–Trinajstić information content (AvgIpc) is 3.50. The molecule has 3 aromatic rings. The van der Waals surface area contributed by atoms with Gasteiger partial charge >= 0.3 is 0 Å². The summed E-state index contributed by atoms with van der Waals surface area (Å²) in [6.07, 6.45) is 0. The number of amides is 1. The second-order valence-corrected chi connectivity index (χ2v) is 9.19. The first-order valence-corrected chi connectivity index (χ1v) is 11.5. The topological polar surface area (TPSA) is 82.2 Å². The highest BCUT2D eigenvalue weighted by Gasteiger charge is 2.45. The van der Waals surface area contributed by atoms with Crippen molar-refractivity contribution in [3.05, 3.63) is 62.3 Å². The van der Waals surface area contributed by atoms with Crippen molar-refractivity contribution >= 4 is 50.9 Å². The van der Waals surface area contributed by atoms with Crippen LogP contribution in [0.3, 0.4) is 0 Å². The van der Waals surface area contributed by atoms with Gasteiger partial charge < -0.3 is 20.6 Å². The summed E-state index contributed by atoms with van der Waals surface area (Å²) in [5.74, 6) is 0.173. The lowest BCUT2D eigenvalue weighted by atomic mass is 9.97. The van der Waals surface area contributed by atoms with E-state index in [-0.39, 0.29) is 5.91 Å². The van der Waals surface area contributed by atoms with E-state index < -0.39 is 5.60 Å². The molecule has 1 fully saturated rings. The molecule has 0 aliphatic carbocycles. The monoisotopic (exact) mass is 432 g/mol. The molecule has 3 N–H and O–H groups in total. The van der Waals surface area contributed by atoms with Gasteiger partial charge in [-0.15, -0.1) is 34.0 Å². The molecule has 9 heteroatoms. The van der Waals surface area contributed by atoms with Crippen LogP contribution in [0.5, 0.6) is 0 Å². The van der Waals surface area contributed by atoms with E-state index in [1.807, 2.05) is 57.4 Å². The van der Waals surface area contributed by atoms with E-state index in [4.69, 9.17) is 5.73 Å². The molecular weight excluding hydrogens is 412 g/mol. The highest BCUT2D eigenvalue weighted by atomic mass is 32.1. The molecule has 0 atom stereocenters. The number of aliphatic hydroxyl groups is 1. The molecule has 6 nitrogen and oxygen atoms in total. The quantitative estimate of drug-likeness (QED) is 0.491. The highest BCUT2D eigenvalue weighted by Crippen LogP contribution is 2.37. The molecule has 4 heterocycles. The number of carbonyl (C=O) groups is 1. The van der Waals surface area contributed by atoms with Crippen LogP contribution in [0.1, 0.15) is 9.75 Å². The van der Waals surface area contributed by atoms with Gasteiger partial charge in [-0.25, -0.2) is 4.99 Å². The summed E-state index contributed by atoms with van der Waals surface area (Å²) in [5, 5.41) is 18.0. The van der Waals surface area contributed by atoms with E-state index in [0.29, 0.717) is 41.9 Å². The second kappa shape index (κ2) is 8.04. The van der Waals surface area contributed by atoms with Gasteiger partial charge in [0.25, 0.3) is 5.91 Å². The van der Waals surface area contributed by atoms with Crippen LogP contribution in [0.4, 0.5) is 5.00 Å². The molecule has 4 rings (SSSR count). The van der Waals surface area contributed by atoms with Crippen LogP contribution in [0.25, 0.3) is 0 Å². The molecule has 0 radical (unpaired) electrons. The Balaban J connectivity index is 1.50. The maximum atomic E-state index is 13.4. The van der Waals surface area contributed by atoms with E-state index in [2.05, 4.69) is 4.99 Å². The van der Waals surface area contributed by atoms with Crippen molar-refractivity contribution in [2.45, 2.75) is 5.60 Å². The number of hydrogen-bond donors (Lipinski definition) is 2. The molecule has 3 aromatic heterocycles. The lowest BCUT2D eigenvalue weighted by molar-refractivity contribution is -0.148. The average molecular weight is 433 g/mol. The Kier molecular flexibility index (Phi) is 5.49. The zero-order chi connectivity index (χ0) is 19.6. The first-order valence-electron chi connectivity index (χ1n) is 8.81. The van der Waals surface area contributed by atoms with Crippen molar-refractivity contribution in [1.82, 2.24) is 9.80 Å². The number of nitrogens with zero attached hydrogens (tertiary/aromatic N) is 3. The summed E-state index contributed by atoms with van der Waals surface area (Å²) < 4.78 is 0. The molecule has 1 saturated heterocycles. The maximum Gasteiger partial charge on any atom is 0.265 e. The van der Waals surface area contributed by atoms with Crippen molar-refractivity contribution in [2.24, 2.45) is 10.7 Å². The smallest absolute Gasteiger partial charge is 0.265 e. The van der Waals surface area contributed by atoms with Crippen LogP contribution in [-0.2, 0) is 10.4 Å². The summed E-state index contributed by atoms with van der Waals surface area (Å²) in [6, 6.07) is 11.2. The number of rotatable bonds is 4. The molecule has 1 amide bonds. The van der Waals surface area contributed by atoms with Gasteiger partial charge in [0, 0.05) is 26.2 Å². The Morgan fingerprint density at radius 2 is 1.46 bits per heavy atom. The number of aliphatic imine (C=N–C) groups is 1. The van der Waals surface area contributed by atoms with E-state index >= 15 is 0 Å². The van der Waals surface area contributed by atoms with Crippen molar-refractivity contribution in [2.75, 3.05) is 26.2 Å². The summed E-state index contributed by atoms with van der Waals surface area (Å²) in [5.41, 5.74) is 4.50. The molecule has 0 unspecified atom stereocenters. The summed E-state index contributed by atoms with van der Waals surface area (Å²) in [6.45, 7) is 2.13. The Morgan fingerprint density at radius 1 is 0.929 bits per heavy atom. The third kappa shape index (κ3) is 3.58. The van der Waals surface area contributed by atoms with Crippen molar-refractivity contribution in [3.63, 3.8) is 0 Å². The van der Waals surface area contributed by atoms with Crippen LogP contribution in [0, 0.1) is 0 Å². The summed E-state index contributed by atoms with van der Waals surface area (Å²) in [4.78, 5) is 22.8.